The van der Waals surface area contributed by atoms with Gasteiger partial charge in [0, 0.05) is 35.0 Å². The van der Waals surface area contributed by atoms with Crippen molar-refractivity contribution in [3.8, 4) is 0 Å². The minimum atomic E-state index is -0.253. The first-order chi connectivity index (χ1) is 10.2. The molecule has 21 heavy (non-hydrogen) atoms. The first-order valence-electron chi connectivity index (χ1n) is 7.18. The molecule has 3 heterocycles. The largest absolute Gasteiger partial charge is 0.374 e. The maximum Gasteiger partial charge on any atom is 0.271 e. The summed E-state index contributed by atoms with van der Waals surface area (Å²) in [6, 6.07) is -0.171. The highest BCUT2D eigenvalue weighted by Crippen LogP contribution is 2.36. The number of allylic oxidation sites excluding steroid dienone is 1. The molecule has 0 bridgehead atoms. The molecule has 2 atom stereocenters. The Bertz CT molecular complexity index is 668. The number of amides is 1. The predicted molar refractivity (Wildman–Crippen MR) is 80.3 cm³/mol. The summed E-state index contributed by atoms with van der Waals surface area (Å²) >= 11 is 0. The summed E-state index contributed by atoms with van der Waals surface area (Å²) in [6.45, 7) is 1.86. The van der Waals surface area contributed by atoms with E-state index in [1.165, 1.54) is 5.57 Å². The average Bonchev–Trinajstić information content (AvgIpc) is 2.76. The van der Waals surface area contributed by atoms with Crippen molar-refractivity contribution >= 4 is 12.1 Å². The van der Waals surface area contributed by atoms with Gasteiger partial charge in [-0.2, -0.15) is 5.10 Å². The monoisotopic (exact) mass is 283 g/mol. The van der Waals surface area contributed by atoms with E-state index in [0.29, 0.717) is 5.57 Å². The van der Waals surface area contributed by atoms with Crippen LogP contribution in [0.1, 0.15) is 6.42 Å². The van der Waals surface area contributed by atoms with Crippen LogP contribution in [0.3, 0.4) is 0 Å². The zero-order chi connectivity index (χ0) is 14.4. The second-order valence-corrected chi connectivity index (χ2v) is 5.58. The van der Waals surface area contributed by atoms with Gasteiger partial charge in [0.15, 0.2) is 0 Å². The molecule has 108 valence electrons. The zero-order valence-electron chi connectivity index (χ0n) is 11.5. The van der Waals surface area contributed by atoms with Crippen LogP contribution in [0.25, 0.3) is 0 Å². The van der Waals surface area contributed by atoms with E-state index >= 15 is 0 Å². The van der Waals surface area contributed by atoms with E-state index in [2.05, 4.69) is 27.2 Å². The van der Waals surface area contributed by atoms with E-state index < -0.39 is 0 Å². The molecular formula is C15H17N5O. The molecule has 2 unspecified atom stereocenters. The number of nitrogens with two attached hydrogens (primary N) is 1. The third kappa shape index (κ3) is 1.95. The summed E-state index contributed by atoms with van der Waals surface area (Å²) in [5.41, 5.74) is 13.4. The first-order valence-corrected chi connectivity index (χ1v) is 7.18. The Hall–Kier alpha value is -2.18. The zero-order valence-corrected chi connectivity index (χ0v) is 11.5. The average molecular weight is 283 g/mol. The highest BCUT2D eigenvalue weighted by molar-refractivity contribution is 6.05. The standard InChI is InChI=1S/C15H17N5O/c16-9-5-10-13-11(7-18-20-15(10)21)14(19-12(13)6-9)8-1-3-17-4-2-8/h1,5-7,9,14,17,19H,2-4,16H2,(H,20,21). The van der Waals surface area contributed by atoms with Crippen LogP contribution < -0.4 is 21.8 Å². The van der Waals surface area contributed by atoms with Gasteiger partial charge in [-0.05, 0) is 24.6 Å². The molecule has 4 aliphatic rings. The molecule has 6 heteroatoms. The van der Waals surface area contributed by atoms with Crippen molar-refractivity contribution in [3.63, 3.8) is 0 Å². The number of rotatable bonds is 1. The molecule has 0 aromatic heterocycles. The van der Waals surface area contributed by atoms with E-state index in [0.717, 1.165) is 36.4 Å². The second-order valence-electron chi connectivity index (χ2n) is 5.58. The minimum Gasteiger partial charge on any atom is -0.374 e. The molecule has 1 aliphatic carbocycles. The molecule has 0 aromatic rings. The molecular weight excluding hydrogens is 266 g/mol. The van der Waals surface area contributed by atoms with Crippen LogP contribution >= 0.6 is 0 Å². The Morgan fingerprint density at radius 1 is 1.33 bits per heavy atom. The predicted octanol–water partition coefficient (Wildman–Crippen LogP) is -0.559. The smallest absolute Gasteiger partial charge is 0.271 e. The molecule has 0 aromatic carbocycles. The number of carbonyl (C=O) groups is 1. The van der Waals surface area contributed by atoms with Gasteiger partial charge in [-0.15, -0.1) is 0 Å². The molecule has 3 aliphatic heterocycles. The summed E-state index contributed by atoms with van der Waals surface area (Å²) in [4.78, 5) is 12.1. The van der Waals surface area contributed by atoms with Crippen LogP contribution in [0.5, 0.6) is 0 Å². The minimum absolute atomic E-state index is 0.0819. The number of carbonyl (C=O) groups excluding carboxylic acids is 1. The van der Waals surface area contributed by atoms with E-state index in [4.69, 9.17) is 5.73 Å². The van der Waals surface area contributed by atoms with Gasteiger partial charge in [0.25, 0.3) is 5.91 Å². The SMILES string of the molecule is NC1C=C2NC(C3=CCNCC3)C3=C2C(=C1)C(=O)NN=C3. The fourth-order valence-corrected chi connectivity index (χ4v) is 3.30. The number of hydrogen-bond donors (Lipinski definition) is 4. The molecule has 0 radical (unpaired) electrons. The second kappa shape index (κ2) is 4.68. The lowest BCUT2D eigenvalue weighted by Gasteiger charge is -2.22. The summed E-state index contributed by atoms with van der Waals surface area (Å²) in [5.74, 6) is -0.195. The van der Waals surface area contributed by atoms with Gasteiger partial charge in [-0.1, -0.05) is 12.2 Å². The topological polar surface area (TPSA) is 91.5 Å². The van der Waals surface area contributed by atoms with Gasteiger partial charge in [-0.3, -0.25) is 4.79 Å². The van der Waals surface area contributed by atoms with Crippen molar-refractivity contribution in [1.29, 1.82) is 0 Å². The lowest BCUT2D eigenvalue weighted by molar-refractivity contribution is -0.117. The van der Waals surface area contributed by atoms with Crippen molar-refractivity contribution in [2.75, 3.05) is 13.1 Å². The Balaban J connectivity index is 1.83. The highest BCUT2D eigenvalue weighted by atomic mass is 16.2. The van der Waals surface area contributed by atoms with Crippen molar-refractivity contribution in [3.05, 3.63) is 46.2 Å². The summed E-state index contributed by atoms with van der Waals surface area (Å²) in [7, 11) is 0. The van der Waals surface area contributed by atoms with Crippen molar-refractivity contribution in [2.45, 2.75) is 18.5 Å². The van der Waals surface area contributed by atoms with E-state index in [1.54, 1.807) is 12.3 Å². The summed E-state index contributed by atoms with van der Waals surface area (Å²) in [5, 5.41) is 10.9. The number of hydrazone groups is 1. The van der Waals surface area contributed by atoms with Crippen molar-refractivity contribution in [2.24, 2.45) is 10.8 Å². The first kappa shape index (κ1) is 12.6. The number of hydrogen-bond acceptors (Lipinski definition) is 5. The van der Waals surface area contributed by atoms with Crippen molar-refractivity contribution < 1.29 is 4.79 Å². The summed E-state index contributed by atoms with van der Waals surface area (Å²) < 4.78 is 0. The van der Waals surface area contributed by atoms with Gasteiger partial charge in [0.2, 0.25) is 0 Å². The van der Waals surface area contributed by atoms with Gasteiger partial charge in [0.05, 0.1) is 12.3 Å². The van der Waals surface area contributed by atoms with Crippen LogP contribution in [0.4, 0.5) is 0 Å². The molecule has 6 nitrogen and oxygen atoms in total. The third-order valence-electron chi connectivity index (χ3n) is 4.24. The van der Waals surface area contributed by atoms with E-state index in [-0.39, 0.29) is 18.0 Å². The molecule has 0 fully saturated rings. The van der Waals surface area contributed by atoms with Gasteiger partial charge in [-0.25, -0.2) is 5.43 Å². The Morgan fingerprint density at radius 3 is 3.05 bits per heavy atom. The molecule has 0 spiro atoms. The van der Waals surface area contributed by atoms with Crippen LogP contribution in [-0.4, -0.2) is 37.3 Å². The van der Waals surface area contributed by atoms with Gasteiger partial charge in [0.1, 0.15) is 0 Å². The van der Waals surface area contributed by atoms with E-state index in [9.17, 15) is 4.79 Å². The Morgan fingerprint density at radius 2 is 2.24 bits per heavy atom. The quantitative estimate of drug-likeness (QED) is 0.486. The van der Waals surface area contributed by atoms with Crippen LogP contribution in [0.15, 0.2) is 51.3 Å². The third-order valence-corrected chi connectivity index (χ3v) is 4.24. The van der Waals surface area contributed by atoms with Gasteiger partial charge >= 0.3 is 0 Å². The van der Waals surface area contributed by atoms with Crippen LogP contribution in [-0.2, 0) is 4.79 Å². The Kier molecular flexibility index (Phi) is 2.80. The summed E-state index contributed by atoms with van der Waals surface area (Å²) in [6.07, 6.45) is 8.72. The normalized spacial score (nSPS) is 30.7. The molecule has 4 rings (SSSR count). The molecule has 0 saturated carbocycles. The van der Waals surface area contributed by atoms with E-state index in [1.807, 2.05) is 6.08 Å². The van der Waals surface area contributed by atoms with Gasteiger partial charge < -0.3 is 16.4 Å². The molecule has 5 N–H and O–H groups in total. The fraction of sp³-hybridized carbons (Fsp3) is 0.333. The number of nitrogens with one attached hydrogen (secondary N) is 3. The maximum atomic E-state index is 12.1. The number of nitrogens with zero attached hydrogens (tertiary/aromatic N) is 1. The fourth-order valence-electron chi connectivity index (χ4n) is 3.30. The van der Waals surface area contributed by atoms with Crippen LogP contribution in [0.2, 0.25) is 0 Å². The maximum absolute atomic E-state index is 12.1. The van der Waals surface area contributed by atoms with Crippen molar-refractivity contribution in [1.82, 2.24) is 16.1 Å². The Labute approximate surface area is 122 Å². The highest BCUT2D eigenvalue weighted by Gasteiger charge is 2.37. The van der Waals surface area contributed by atoms with Crippen LogP contribution in [0, 0.1) is 0 Å². The lowest BCUT2D eigenvalue weighted by atomic mass is 9.89. The molecule has 0 saturated heterocycles. The lowest BCUT2D eigenvalue weighted by Crippen LogP contribution is -2.34. The molecule has 1 amide bonds.